The van der Waals surface area contributed by atoms with Crippen LogP contribution in [-0.2, 0) is 6.61 Å². The van der Waals surface area contributed by atoms with Crippen molar-refractivity contribution in [3.63, 3.8) is 0 Å². The van der Waals surface area contributed by atoms with E-state index in [1.807, 2.05) is 11.4 Å². The van der Waals surface area contributed by atoms with Crippen molar-refractivity contribution < 1.29 is 13.5 Å². The van der Waals surface area contributed by atoms with Crippen LogP contribution < -0.4 is 16.0 Å². The number of nitrogens with two attached hydrogens (primary N) is 1. The van der Waals surface area contributed by atoms with E-state index in [4.69, 9.17) is 10.6 Å². The van der Waals surface area contributed by atoms with Gasteiger partial charge in [0.15, 0.2) is 23.2 Å². The number of ether oxygens (including phenoxy) is 1. The fourth-order valence-electron chi connectivity index (χ4n) is 1.81. The number of aromatic nitrogens is 2. The predicted molar refractivity (Wildman–Crippen MR) is 75.9 cm³/mol. The molecular weight excluding hydrogens is 298 g/mol. The first-order valence-corrected chi connectivity index (χ1v) is 6.84. The second-order valence-corrected chi connectivity index (χ2v) is 5.03. The lowest BCUT2D eigenvalue weighted by Gasteiger charge is -2.08. The summed E-state index contributed by atoms with van der Waals surface area (Å²) in [6, 6.07) is 4.94. The third-order valence-electron chi connectivity index (χ3n) is 2.76. The molecule has 0 saturated carbocycles. The fourth-order valence-corrected chi connectivity index (χ4v) is 2.59. The average molecular weight is 308 g/mol. The number of hydrazine groups is 1. The van der Waals surface area contributed by atoms with Gasteiger partial charge in [-0.25, -0.2) is 24.6 Å². The van der Waals surface area contributed by atoms with Crippen molar-refractivity contribution >= 4 is 27.4 Å². The number of nitrogens with zero attached hydrogens (tertiary/aromatic N) is 2. The minimum atomic E-state index is -0.774. The van der Waals surface area contributed by atoms with Gasteiger partial charge in [-0.1, -0.05) is 0 Å². The molecule has 2 aromatic heterocycles. The smallest absolute Gasteiger partial charge is 0.169 e. The molecule has 0 amide bonds. The lowest BCUT2D eigenvalue weighted by Crippen LogP contribution is -2.11. The third-order valence-corrected chi connectivity index (χ3v) is 3.57. The summed E-state index contributed by atoms with van der Waals surface area (Å²) in [5.41, 5.74) is 2.49. The van der Waals surface area contributed by atoms with Crippen LogP contribution in [0, 0.1) is 11.6 Å². The zero-order chi connectivity index (χ0) is 14.8. The van der Waals surface area contributed by atoms with E-state index >= 15 is 0 Å². The Balaban J connectivity index is 1.84. The van der Waals surface area contributed by atoms with E-state index in [9.17, 15) is 8.78 Å². The van der Waals surface area contributed by atoms with Gasteiger partial charge in [-0.15, -0.1) is 11.3 Å². The summed E-state index contributed by atoms with van der Waals surface area (Å²) in [6.45, 7) is -0.0505. The minimum Gasteiger partial charge on any atom is -0.483 e. The first-order valence-electron chi connectivity index (χ1n) is 5.96. The van der Waals surface area contributed by atoms with E-state index in [1.165, 1.54) is 17.4 Å². The highest BCUT2D eigenvalue weighted by Crippen LogP contribution is 2.25. The van der Waals surface area contributed by atoms with Crippen molar-refractivity contribution in [1.82, 2.24) is 9.97 Å². The largest absolute Gasteiger partial charge is 0.483 e. The molecule has 8 heteroatoms. The third kappa shape index (κ3) is 2.76. The Morgan fingerprint density at radius 3 is 2.86 bits per heavy atom. The molecule has 3 N–H and O–H groups in total. The van der Waals surface area contributed by atoms with Gasteiger partial charge in [0.1, 0.15) is 17.3 Å². The average Bonchev–Trinajstić information content (AvgIpc) is 2.93. The number of benzene rings is 1. The highest BCUT2D eigenvalue weighted by Gasteiger charge is 2.10. The van der Waals surface area contributed by atoms with Crippen LogP contribution in [0.25, 0.3) is 10.2 Å². The number of halogens is 2. The second-order valence-electron chi connectivity index (χ2n) is 4.14. The van der Waals surface area contributed by atoms with Gasteiger partial charge in [0.25, 0.3) is 0 Å². The summed E-state index contributed by atoms with van der Waals surface area (Å²) in [6.07, 6.45) is 0. The van der Waals surface area contributed by atoms with E-state index in [0.717, 1.165) is 22.3 Å². The van der Waals surface area contributed by atoms with Crippen LogP contribution in [0.4, 0.5) is 14.6 Å². The highest BCUT2D eigenvalue weighted by atomic mass is 32.1. The van der Waals surface area contributed by atoms with Crippen molar-refractivity contribution in [3.8, 4) is 5.75 Å². The van der Waals surface area contributed by atoms with Gasteiger partial charge in [0, 0.05) is 6.07 Å². The maximum absolute atomic E-state index is 13.5. The minimum absolute atomic E-state index is 0.0505. The molecule has 3 aromatic rings. The molecule has 0 atom stereocenters. The standard InChI is InChI=1S/C13H10F2N4OS/c14-7-1-2-10(9(15)5-7)20-6-11-17-12(19-16)8-3-4-21-13(8)18-11/h1-5H,6,16H2,(H,17,18,19). The number of hydrogen-bond acceptors (Lipinski definition) is 6. The van der Waals surface area contributed by atoms with Gasteiger partial charge in [0.05, 0.1) is 5.39 Å². The number of hydrogen-bond donors (Lipinski definition) is 2. The van der Waals surface area contributed by atoms with E-state index in [2.05, 4.69) is 15.4 Å². The molecular formula is C13H10F2N4OS. The van der Waals surface area contributed by atoms with Crippen molar-refractivity contribution in [2.45, 2.75) is 6.61 Å². The molecule has 0 fully saturated rings. The Labute approximate surface area is 122 Å². The zero-order valence-electron chi connectivity index (χ0n) is 10.6. The summed E-state index contributed by atoms with van der Waals surface area (Å²) < 4.78 is 31.5. The maximum atomic E-state index is 13.5. The van der Waals surface area contributed by atoms with Gasteiger partial charge in [-0.05, 0) is 23.6 Å². The molecule has 0 aliphatic rings. The fraction of sp³-hybridized carbons (Fsp3) is 0.0769. The number of fused-ring (bicyclic) bond motifs is 1. The molecule has 108 valence electrons. The Morgan fingerprint density at radius 1 is 1.24 bits per heavy atom. The summed E-state index contributed by atoms with van der Waals surface area (Å²) in [7, 11) is 0. The van der Waals surface area contributed by atoms with Crippen LogP contribution in [0.1, 0.15) is 5.82 Å². The van der Waals surface area contributed by atoms with Crippen LogP contribution in [-0.4, -0.2) is 9.97 Å². The Morgan fingerprint density at radius 2 is 2.10 bits per heavy atom. The van der Waals surface area contributed by atoms with Crippen LogP contribution in [0.5, 0.6) is 5.75 Å². The number of nitrogen functional groups attached to an aromatic ring is 1. The maximum Gasteiger partial charge on any atom is 0.169 e. The van der Waals surface area contributed by atoms with Gasteiger partial charge in [-0.3, -0.25) is 0 Å². The molecule has 5 nitrogen and oxygen atoms in total. The first kappa shape index (κ1) is 13.7. The quantitative estimate of drug-likeness (QED) is 0.573. The molecule has 21 heavy (non-hydrogen) atoms. The molecule has 0 aliphatic heterocycles. The Bertz CT molecular complexity index is 793. The number of thiophene rings is 1. The SMILES string of the molecule is NNc1nc(COc2ccc(F)cc2F)nc2sccc12. The normalized spacial score (nSPS) is 10.8. The molecule has 0 aliphatic carbocycles. The Hall–Kier alpha value is -2.32. The van der Waals surface area contributed by atoms with Crippen molar-refractivity contribution in [2.75, 3.05) is 5.43 Å². The number of anilines is 1. The van der Waals surface area contributed by atoms with Crippen molar-refractivity contribution in [1.29, 1.82) is 0 Å². The molecule has 0 spiro atoms. The summed E-state index contributed by atoms with van der Waals surface area (Å²) in [5, 5.41) is 2.67. The molecule has 1 aromatic carbocycles. The van der Waals surface area contributed by atoms with Crippen molar-refractivity contribution in [3.05, 3.63) is 47.1 Å². The van der Waals surface area contributed by atoms with E-state index in [-0.39, 0.29) is 12.4 Å². The topological polar surface area (TPSA) is 73.1 Å². The van der Waals surface area contributed by atoms with E-state index in [1.54, 1.807) is 0 Å². The summed E-state index contributed by atoms with van der Waals surface area (Å²) in [4.78, 5) is 9.23. The lowest BCUT2D eigenvalue weighted by molar-refractivity contribution is 0.281. The summed E-state index contributed by atoms with van der Waals surface area (Å²) >= 11 is 1.43. The number of nitrogens with one attached hydrogen (secondary N) is 1. The predicted octanol–water partition coefficient (Wildman–Crippen LogP) is 2.83. The molecule has 0 bridgehead atoms. The van der Waals surface area contributed by atoms with Crippen molar-refractivity contribution in [2.24, 2.45) is 5.84 Å². The van der Waals surface area contributed by atoms with Crippen LogP contribution in [0.3, 0.4) is 0 Å². The summed E-state index contributed by atoms with van der Waals surface area (Å²) in [5.74, 6) is 4.74. The van der Waals surface area contributed by atoms with E-state index in [0.29, 0.717) is 11.6 Å². The molecule has 0 saturated heterocycles. The van der Waals surface area contributed by atoms with Gasteiger partial charge >= 0.3 is 0 Å². The van der Waals surface area contributed by atoms with Gasteiger partial charge in [-0.2, -0.15) is 0 Å². The van der Waals surface area contributed by atoms with Crippen LogP contribution >= 0.6 is 11.3 Å². The van der Waals surface area contributed by atoms with Gasteiger partial charge < -0.3 is 10.2 Å². The van der Waals surface area contributed by atoms with Crippen LogP contribution in [0.2, 0.25) is 0 Å². The van der Waals surface area contributed by atoms with E-state index < -0.39 is 11.6 Å². The monoisotopic (exact) mass is 308 g/mol. The zero-order valence-corrected chi connectivity index (χ0v) is 11.5. The highest BCUT2D eigenvalue weighted by molar-refractivity contribution is 7.16. The lowest BCUT2D eigenvalue weighted by atomic mass is 10.3. The first-order chi connectivity index (χ1) is 10.2. The molecule has 0 radical (unpaired) electrons. The molecule has 0 unspecified atom stereocenters. The second kappa shape index (κ2) is 5.58. The van der Waals surface area contributed by atoms with Gasteiger partial charge in [0.2, 0.25) is 0 Å². The molecule has 3 rings (SSSR count). The molecule has 2 heterocycles. The van der Waals surface area contributed by atoms with Crippen LogP contribution in [0.15, 0.2) is 29.6 Å². The Kier molecular flexibility index (Phi) is 3.63. The number of rotatable bonds is 4.